The molecule has 1 aliphatic heterocycles. The van der Waals surface area contributed by atoms with Crippen molar-refractivity contribution in [1.82, 2.24) is 0 Å². The van der Waals surface area contributed by atoms with Gasteiger partial charge in [-0.05, 0) is 46.8 Å². The first-order chi connectivity index (χ1) is 17.2. The molecule has 0 aromatic heterocycles. The average molecular weight is 515 g/mol. The van der Waals surface area contributed by atoms with Crippen LogP contribution in [0.5, 0.6) is 0 Å². The van der Waals surface area contributed by atoms with Gasteiger partial charge in [-0.25, -0.2) is 0 Å². The van der Waals surface area contributed by atoms with E-state index in [1.165, 1.54) is 64.2 Å². The van der Waals surface area contributed by atoms with Crippen molar-refractivity contribution in [2.24, 2.45) is 11.3 Å². The number of allylic oxidation sites excluding steroid dienone is 8. The van der Waals surface area contributed by atoms with Gasteiger partial charge in [0.05, 0.1) is 12.0 Å². The van der Waals surface area contributed by atoms with E-state index in [1.54, 1.807) is 19.1 Å². The third-order valence-electron chi connectivity index (χ3n) is 7.63. The van der Waals surface area contributed by atoms with Crippen molar-refractivity contribution in [1.29, 1.82) is 0 Å². The van der Waals surface area contributed by atoms with Gasteiger partial charge in [-0.3, -0.25) is 9.59 Å². The molecule has 0 bridgehead atoms. The number of hydrogen-bond donors (Lipinski definition) is 6. The van der Waals surface area contributed by atoms with Gasteiger partial charge in [-0.15, -0.1) is 0 Å². The van der Waals surface area contributed by atoms with Crippen LogP contribution in [0.1, 0.15) is 41.0 Å². The Hall–Kier alpha value is -3.24. The third-order valence-corrected chi connectivity index (χ3v) is 7.63. The van der Waals surface area contributed by atoms with Crippen molar-refractivity contribution in [3.05, 3.63) is 82.6 Å². The molecule has 0 aromatic carbocycles. The van der Waals surface area contributed by atoms with Crippen molar-refractivity contribution in [3.8, 4) is 0 Å². The number of ether oxygens (including phenoxy) is 1. The minimum Gasteiger partial charge on any atom is -0.508 e. The molecule has 3 rings (SSSR count). The second-order valence-corrected chi connectivity index (χ2v) is 10.1. The van der Waals surface area contributed by atoms with Crippen LogP contribution in [0.3, 0.4) is 0 Å². The lowest BCUT2D eigenvalue weighted by Gasteiger charge is -2.51. The van der Waals surface area contributed by atoms with Gasteiger partial charge in [0.2, 0.25) is 5.79 Å². The molecule has 1 heterocycles. The molecular weight excluding hydrogens is 480 g/mol. The third kappa shape index (κ3) is 3.93. The summed E-state index contributed by atoms with van der Waals surface area (Å²) in [4.78, 5) is 27.5. The van der Waals surface area contributed by atoms with Crippen molar-refractivity contribution in [3.63, 3.8) is 0 Å². The molecule has 3 aliphatic rings. The summed E-state index contributed by atoms with van der Waals surface area (Å²) >= 11 is 0. The lowest BCUT2D eigenvalue weighted by atomic mass is 9.52. The van der Waals surface area contributed by atoms with E-state index in [0.717, 1.165) is 0 Å². The predicted molar refractivity (Wildman–Crippen MR) is 135 cm³/mol. The van der Waals surface area contributed by atoms with Crippen molar-refractivity contribution < 1.29 is 45.0 Å². The lowest BCUT2D eigenvalue weighted by Crippen LogP contribution is -2.68. The summed E-state index contributed by atoms with van der Waals surface area (Å²) in [6.45, 7) is 6.69. The number of rotatable bonds is 5. The monoisotopic (exact) mass is 514 g/mol. The summed E-state index contributed by atoms with van der Waals surface area (Å²) in [5.41, 5.74) is -6.87. The van der Waals surface area contributed by atoms with Crippen LogP contribution in [0.2, 0.25) is 0 Å². The molecule has 0 aromatic rings. The normalized spacial score (nSPS) is 39.4. The molecule has 2 fully saturated rings. The SMILES string of the molecule is CC=CC=CC(O)=C1C[C@](C)(O)[C@]2(O)O[C@]3(C)C(=O)C(C)=C(O)C(=C(O)C=CC=CCO)[C@@H]3[C@]2(C)C1=O. The Bertz CT molecular complexity index is 1230. The van der Waals surface area contributed by atoms with E-state index in [0.29, 0.717) is 0 Å². The molecule has 2 aliphatic carbocycles. The fourth-order valence-corrected chi connectivity index (χ4v) is 5.80. The first-order valence-corrected chi connectivity index (χ1v) is 11.9. The maximum atomic E-state index is 14.1. The minimum absolute atomic E-state index is 0.162. The average Bonchev–Trinajstić information content (AvgIpc) is 3.04. The predicted octanol–water partition coefficient (Wildman–Crippen LogP) is 3.09. The summed E-state index contributed by atoms with van der Waals surface area (Å²) in [6, 6.07) is 0. The summed E-state index contributed by atoms with van der Waals surface area (Å²) in [5, 5.41) is 65.1. The molecule has 6 N–H and O–H groups in total. The van der Waals surface area contributed by atoms with Crippen LogP contribution in [0, 0.1) is 11.3 Å². The molecule has 1 saturated carbocycles. The topological polar surface area (TPSA) is 165 Å². The molecule has 9 nitrogen and oxygen atoms in total. The molecule has 0 radical (unpaired) electrons. The Morgan fingerprint density at radius 1 is 1.00 bits per heavy atom. The molecule has 5 atom stereocenters. The Kier molecular flexibility index (Phi) is 7.33. The molecule has 9 heteroatoms. The molecule has 0 amide bonds. The van der Waals surface area contributed by atoms with Gasteiger partial charge in [0.25, 0.3) is 0 Å². The smallest absolute Gasteiger partial charge is 0.209 e. The van der Waals surface area contributed by atoms with Gasteiger partial charge in [-0.2, -0.15) is 0 Å². The summed E-state index contributed by atoms with van der Waals surface area (Å²) in [7, 11) is 0. The molecule has 200 valence electrons. The number of aliphatic hydroxyl groups excluding tert-OH is 4. The Balaban J connectivity index is 2.38. The molecule has 37 heavy (non-hydrogen) atoms. The van der Waals surface area contributed by atoms with E-state index in [9.17, 15) is 35.1 Å². The molecular formula is C28H34O9. The maximum Gasteiger partial charge on any atom is 0.209 e. The standard InChI is InChI=1S/C28H34O9/c1-6-7-9-12-18(30)17-15-25(3,35)28(36)26(4,24(17)34)22-20(19(31)13-10-8-11-14-29)21(32)16(2)23(33)27(22,5)37-28/h6-13,22,29-32,35-36H,14-15H2,1-5H3/t22-,25+,26-,27+,28+/m1/s1. The van der Waals surface area contributed by atoms with Gasteiger partial charge in [0.1, 0.15) is 28.5 Å². The molecule has 1 saturated heterocycles. The highest BCUT2D eigenvalue weighted by Gasteiger charge is 2.81. The van der Waals surface area contributed by atoms with Crippen molar-refractivity contribution in [2.75, 3.05) is 6.61 Å². The fraction of sp³-hybridized carbons (Fsp3) is 0.429. The van der Waals surface area contributed by atoms with Crippen LogP contribution in [-0.4, -0.2) is 65.8 Å². The maximum absolute atomic E-state index is 14.1. The highest BCUT2D eigenvalue weighted by Crippen LogP contribution is 2.67. The zero-order valence-corrected chi connectivity index (χ0v) is 21.5. The number of fused-ring (bicyclic) bond motifs is 3. The Morgan fingerprint density at radius 3 is 2.19 bits per heavy atom. The van der Waals surface area contributed by atoms with E-state index < -0.39 is 63.6 Å². The summed E-state index contributed by atoms with van der Waals surface area (Å²) in [5.74, 6) is -7.19. The molecule has 0 spiro atoms. The highest BCUT2D eigenvalue weighted by atomic mass is 16.7. The number of hydrogen-bond acceptors (Lipinski definition) is 9. The molecule has 0 unspecified atom stereocenters. The van der Waals surface area contributed by atoms with E-state index in [4.69, 9.17) is 9.84 Å². The number of Topliss-reactive ketones (excluding diaryl/α,β-unsaturated/α-hetero) is 2. The van der Waals surface area contributed by atoms with Gasteiger partial charge in [0.15, 0.2) is 11.6 Å². The number of carbonyl (C=O) groups is 2. The highest BCUT2D eigenvalue weighted by molar-refractivity contribution is 6.09. The first-order valence-electron chi connectivity index (χ1n) is 11.9. The van der Waals surface area contributed by atoms with Gasteiger partial charge < -0.3 is 35.4 Å². The van der Waals surface area contributed by atoms with Crippen molar-refractivity contribution in [2.45, 2.75) is 58.0 Å². The zero-order chi connectivity index (χ0) is 28.0. The second-order valence-electron chi connectivity index (χ2n) is 10.1. The van der Waals surface area contributed by atoms with E-state index in [-0.39, 0.29) is 23.3 Å². The Labute approximate surface area is 215 Å². The summed E-state index contributed by atoms with van der Waals surface area (Å²) < 4.78 is 5.95. The zero-order valence-electron chi connectivity index (χ0n) is 21.5. The van der Waals surface area contributed by atoms with Crippen LogP contribution < -0.4 is 0 Å². The number of carbonyl (C=O) groups excluding carboxylic acids is 2. The van der Waals surface area contributed by atoms with E-state index in [2.05, 4.69) is 0 Å². The quantitative estimate of drug-likeness (QED) is 0.184. The van der Waals surface area contributed by atoms with E-state index >= 15 is 0 Å². The Morgan fingerprint density at radius 2 is 1.59 bits per heavy atom. The summed E-state index contributed by atoms with van der Waals surface area (Å²) in [6.07, 6.45) is 11.0. The number of aliphatic hydroxyl groups is 6. The largest absolute Gasteiger partial charge is 0.508 e. The van der Waals surface area contributed by atoms with Crippen molar-refractivity contribution >= 4 is 11.6 Å². The van der Waals surface area contributed by atoms with Crippen LogP contribution in [0.25, 0.3) is 0 Å². The van der Waals surface area contributed by atoms with Crippen LogP contribution in [0.15, 0.2) is 82.6 Å². The van der Waals surface area contributed by atoms with Gasteiger partial charge in [-0.1, -0.05) is 36.5 Å². The van der Waals surface area contributed by atoms with Crippen LogP contribution in [-0.2, 0) is 14.3 Å². The van der Waals surface area contributed by atoms with Crippen LogP contribution >= 0.6 is 0 Å². The van der Waals surface area contributed by atoms with Gasteiger partial charge >= 0.3 is 0 Å². The minimum atomic E-state index is -2.64. The first kappa shape index (κ1) is 28.3. The van der Waals surface area contributed by atoms with E-state index in [1.807, 2.05) is 0 Å². The lowest BCUT2D eigenvalue weighted by molar-refractivity contribution is -0.326. The second kappa shape index (κ2) is 9.57. The van der Waals surface area contributed by atoms with Gasteiger partial charge in [0, 0.05) is 29.1 Å². The van der Waals surface area contributed by atoms with Crippen LogP contribution in [0.4, 0.5) is 0 Å². The fourth-order valence-electron chi connectivity index (χ4n) is 5.80. The number of ketones is 2.